The maximum atomic E-state index is 7.43. The van der Waals surface area contributed by atoms with Crippen molar-refractivity contribution in [3.05, 3.63) is 207 Å². The number of benzene rings is 8. The Morgan fingerprint density at radius 2 is 0.815 bits per heavy atom. The molecule has 14 rings (SSSR count). The summed E-state index contributed by atoms with van der Waals surface area (Å²) in [5, 5.41) is 13.4. The molecular formula is C58H34N2O3SSi. The molecule has 0 atom stereocenters. The fourth-order valence-corrected chi connectivity index (χ4v) is 16.8. The molecular weight excluding hydrogens is 833 g/mol. The van der Waals surface area contributed by atoms with Gasteiger partial charge in [0.05, 0.1) is 10.4 Å². The van der Waals surface area contributed by atoms with Gasteiger partial charge in [-0.25, -0.2) is 0 Å². The van der Waals surface area contributed by atoms with Crippen LogP contribution in [0.4, 0.5) is 0 Å². The van der Waals surface area contributed by atoms with Gasteiger partial charge >= 0.3 is 0 Å². The lowest BCUT2D eigenvalue weighted by molar-refractivity contribution is 0.664. The minimum atomic E-state index is -3.32. The molecule has 0 saturated carbocycles. The molecule has 14 aromatic rings. The molecule has 0 aliphatic rings. The van der Waals surface area contributed by atoms with Gasteiger partial charge in [0.15, 0.2) is 13.7 Å². The summed E-state index contributed by atoms with van der Waals surface area (Å²) in [7, 11) is -3.32. The van der Waals surface area contributed by atoms with Crippen LogP contribution in [0.3, 0.4) is 0 Å². The van der Waals surface area contributed by atoms with Gasteiger partial charge in [-0.3, -0.25) is 9.97 Å². The van der Waals surface area contributed by atoms with Crippen LogP contribution < -0.4 is 20.7 Å². The zero-order valence-electron chi connectivity index (χ0n) is 34.7. The highest BCUT2D eigenvalue weighted by molar-refractivity contribution is 7.26. The third-order valence-electron chi connectivity index (χ3n) is 13.4. The van der Waals surface area contributed by atoms with Gasteiger partial charge in [-0.15, -0.1) is 11.3 Å². The standard InChI is InChI=1S/C58H34N2O3SSi/c1-3-15-35(16-4-1)65(36-17-5-2-6-18-36,49-29-13-23-41-39-21-11-25-45(53(39)62-55(41)49)51-57-43(31-33-59-51)37-19-7-9-27-47(37)61-57)50-30-14-24-42-40-22-12-26-46(54(40)63-56(42)50)52-58-44(32-34-60-52)38-20-8-10-28-48(38)64-58/h1-34H. The quantitative estimate of drug-likeness (QED) is 0.123. The highest BCUT2D eigenvalue weighted by Gasteiger charge is 2.46. The number of hydrogen-bond donors (Lipinski definition) is 0. The first kappa shape index (κ1) is 36.4. The van der Waals surface area contributed by atoms with E-state index in [0.29, 0.717) is 0 Å². The summed E-state index contributed by atoms with van der Waals surface area (Å²) >= 11 is 1.78. The number of rotatable bonds is 6. The maximum absolute atomic E-state index is 7.43. The lowest BCUT2D eigenvalue weighted by atomic mass is 10.0. The van der Waals surface area contributed by atoms with E-state index in [2.05, 4.69) is 170 Å². The molecule has 0 aliphatic carbocycles. The van der Waals surface area contributed by atoms with Crippen molar-refractivity contribution in [2.45, 2.75) is 0 Å². The summed E-state index contributed by atoms with van der Waals surface area (Å²) in [6.07, 6.45) is 3.80. The Kier molecular flexibility index (Phi) is 7.81. The summed E-state index contributed by atoms with van der Waals surface area (Å²) in [5.41, 5.74) is 8.44. The van der Waals surface area contributed by atoms with E-state index < -0.39 is 8.07 Å². The molecule has 65 heavy (non-hydrogen) atoms. The smallest absolute Gasteiger partial charge is 0.188 e. The van der Waals surface area contributed by atoms with Crippen molar-refractivity contribution in [2.75, 3.05) is 0 Å². The van der Waals surface area contributed by atoms with Crippen LogP contribution in [0.5, 0.6) is 0 Å². The molecule has 5 nitrogen and oxygen atoms in total. The maximum Gasteiger partial charge on any atom is 0.188 e. The second-order valence-electron chi connectivity index (χ2n) is 16.7. The summed E-state index contributed by atoms with van der Waals surface area (Å²) in [6, 6.07) is 69.1. The van der Waals surface area contributed by atoms with E-state index >= 15 is 0 Å². The summed E-state index contributed by atoms with van der Waals surface area (Å²) in [4.78, 5) is 10.0. The molecule has 0 spiro atoms. The van der Waals surface area contributed by atoms with Crippen LogP contribution in [0.15, 0.2) is 220 Å². The fourth-order valence-electron chi connectivity index (χ4n) is 10.6. The third-order valence-corrected chi connectivity index (χ3v) is 19.4. The number of aromatic nitrogens is 2. The number of para-hydroxylation sites is 5. The van der Waals surface area contributed by atoms with Crippen LogP contribution in [-0.4, -0.2) is 18.0 Å². The largest absolute Gasteiger partial charge is 0.455 e. The molecule has 8 aromatic carbocycles. The normalized spacial score (nSPS) is 12.3. The Labute approximate surface area is 376 Å². The summed E-state index contributed by atoms with van der Waals surface area (Å²) in [6.45, 7) is 0. The van der Waals surface area contributed by atoms with Gasteiger partial charge in [0, 0.05) is 71.3 Å². The number of fused-ring (bicyclic) bond motifs is 12. The third kappa shape index (κ3) is 5.13. The zero-order valence-corrected chi connectivity index (χ0v) is 36.5. The Balaban J connectivity index is 1.07. The number of thiophene rings is 1. The van der Waals surface area contributed by atoms with Crippen molar-refractivity contribution in [1.29, 1.82) is 0 Å². The highest BCUT2D eigenvalue weighted by atomic mass is 32.1. The van der Waals surface area contributed by atoms with Crippen molar-refractivity contribution in [1.82, 2.24) is 9.97 Å². The van der Waals surface area contributed by atoms with Crippen molar-refractivity contribution in [3.63, 3.8) is 0 Å². The van der Waals surface area contributed by atoms with Gasteiger partial charge in [0.2, 0.25) is 0 Å². The Morgan fingerprint density at radius 3 is 1.46 bits per heavy atom. The summed E-state index contributed by atoms with van der Waals surface area (Å²) < 4.78 is 23.8. The Morgan fingerprint density at radius 1 is 0.338 bits per heavy atom. The molecule has 0 N–H and O–H groups in total. The highest BCUT2D eigenvalue weighted by Crippen LogP contribution is 2.43. The first-order chi connectivity index (χ1) is 32.3. The topological polar surface area (TPSA) is 65.2 Å². The van der Waals surface area contributed by atoms with Crippen LogP contribution in [0.25, 0.3) is 109 Å². The van der Waals surface area contributed by atoms with Gasteiger partial charge in [-0.2, -0.15) is 0 Å². The monoisotopic (exact) mass is 866 g/mol. The molecule has 6 aromatic heterocycles. The van der Waals surface area contributed by atoms with E-state index in [0.717, 1.165) is 103 Å². The first-order valence-corrected chi connectivity index (χ1v) is 24.6. The van der Waals surface area contributed by atoms with Gasteiger partial charge in [0.25, 0.3) is 0 Å². The molecule has 304 valence electrons. The van der Waals surface area contributed by atoms with Crippen LogP contribution in [-0.2, 0) is 0 Å². The molecule has 0 aliphatic heterocycles. The van der Waals surface area contributed by atoms with E-state index in [9.17, 15) is 0 Å². The van der Waals surface area contributed by atoms with Crippen LogP contribution in [0.1, 0.15) is 0 Å². The minimum Gasteiger partial charge on any atom is -0.455 e. The number of nitrogens with zero attached hydrogens (tertiary/aromatic N) is 2. The van der Waals surface area contributed by atoms with E-state index in [-0.39, 0.29) is 0 Å². The predicted molar refractivity (Wildman–Crippen MR) is 271 cm³/mol. The van der Waals surface area contributed by atoms with E-state index in [1.807, 2.05) is 36.7 Å². The summed E-state index contributed by atoms with van der Waals surface area (Å²) in [5.74, 6) is 0. The average molecular weight is 867 g/mol. The van der Waals surface area contributed by atoms with Crippen molar-refractivity contribution < 1.29 is 13.3 Å². The number of furan rings is 3. The van der Waals surface area contributed by atoms with Crippen molar-refractivity contribution >= 4 is 126 Å². The van der Waals surface area contributed by atoms with Crippen LogP contribution in [0, 0.1) is 0 Å². The molecule has 0 saturated heterocycles. The zero-order chi connectivity index (χ0) is 42.6. The van der Waals surface area contributed by atoms with E-state index in [1.165, 1.54) is 25.8 Å². The van der Waals surface area contributed by atoms with E-state index in [1.54, 1.807) is 11.3 Å². The first-order valence-electron chi connectivity index (χ1n) is 21.8. The molecule has 0 amide bonds. The van der Waals surface area contributed by atoms with Gasteiger partial charge < -0.3 is 13.3 Å². The second-order valence-corrected chi connectivity index (χ2v) is 21.5. The predicted octanol–water partition coefficient (Wildman–Crippen LogP) is 13.3. The van der Waals surface area contributed by atoms with Crippen molar-refractivity contribution in [2.24, 2.45) is 0 Å². The molecule has 0 bridgehead atoms. The number of pyridine rings is 2. The van der Waals surface area contributed by atoms with Gasteiger partial charge in [-0.05, 0) is 57.1 Å². The molecule has 0 unspecified atom stereocenters. The lowest BCUT2D eigenvalue weighted by Crippen LogP contribution is -2.75. The van der Waals surface area contributed by atoms with E-state index in [4.69, 9.17) is 23.2 Å². The average Bonchev–Trinajstić information content (AvgIpc) is 4.16. The van der Waals surface area contributed by atoms with Gasteiger partial charge in [0.1, 0.15) is 33.6 Å². The van der Waals surface area contributed by atoms with Crippen LogP contribution in [0.2, 0.25) is 0 Å². The Bertz CT molecular complexity index is 3930. The molecule has 0 fully saturated rings. The lowest BCUT2D eigenvalue weighted by Gasteiger charge is -2.34. The van der Waals surface area contributed by atoms with Crippen LogP contribution >= 0.6 is 11.3 Å². The van der Waals surface area contributed by atoms with Gasteiger partial charge in [-0.1, -0.05) is 158 Å². The van der Waals surface area contributed by atoms with Crippen molar-refractivity contribution in [3.8, 4) is 22.5 Å². The molecule has 7 heteroatoms. The second kappa shape index (κ2) is 13.9. The fraction of sp³-hybridized carbons (Fsp3) is 0. The number of hydrogen-bond acceptors (Lipinski definition) is 6. The molecule has 0 radical (unpaired) electrons. The SMILES string of the molecule is c1ccc([Si](c2ccccc2)(c2cccc3c2oc2c(-c4nccc5c4oc4ccccc45)cccc23)c2cccc3c2oc2c(-c4nccc5c4sc4ccccc45)cccc23)cc1. The molecule has 6 heterocycles. The minimum absolute atomic E-state index is 0.744. The Hall–Kier alpha value is -8.10.